The van der Waals surface area contributed by atoms with Crippen LogP contribution < -0.4 is 15.1 Å². The van der Waals surface area contributed by atoms with Gasteiger partial charge in [0.2, 0.25) is 0 Å². The lowest BCUT2D eigenvalue weighted by molar-refractivity contribution is -0.137. The standard InChI is InChI=1S/C24H21ClF3N3O2/c25-17-7-9-22(32)19(15-17)23(33)29-20-14-16(24(26,27)28)6-8-21(20)31-12-10-30(11-13-31)18-4-2-1-3-5-18/h1-9,14-15,32H,10-13H2,(H,29,33). The van der Waals surface area contributed by atoms with Gasteiger partial charge < -0.3 is 20.2 Å². The Morgan fingerprint density at radius 3 is 2.24 bits per heavy atom. The van der Waals surface area contributed by atoms with Crippen LogP contribution in [0.1, 0.15) is 15.9 Å². The smallest absolute Gasteiger partial charge is 0.416 e. The highest BCUT2D eigenvalue weighted by Gasteiger charge is 2.32. The van der Waals surface area contributed by atoms with Crippen LogP contribution in [-0.2, 0) is 6.18 Å². The summed E-state index contributed by atoms with van der Waals surface area (Å²) < 4.78 is 40.1. The molecule has 5 nitrogen and oxygen atoms in total. The van der Waals surface area contributed by atoms with Crippen molar-refractivity contribution >= 4 is 34.6 Å². The molecule has 1 amide bonds. The lowest BCUT2D eigenvalue weighted by Crippen LogP contribution is -2.46. The van der Waals surface area contributed by atoms with Gasteiger partial charge in [0, 0.05) is 36.9 Å². The van der Waals surface area contributed by atoms with Crippen molar-refractivity contribution in [1.82, 2.24) is 0 Å². The number of alkyl halides is 3. The first kappa shape index (κ1) is 22.8. The van der Waals surface area contributed by atoms with Crippen LogP contribution in [0.5, 0.6) is 5.75 Å². The van der Waals surface area contributed by atoms with Crippen molar-refractivity contribution in [1.29, 1.82) is 0 Å². The summed E-state index contributed by atoms with van der Waals surface area (Å²) in [6.45, 7) is 2.47. The maximum atomic E-state index is 13.4. The van der Waals surface area contributed by atoms with Gasteiger partial charge in [0.15, 0.2) is 0 Å². The molecule has 172 valence electrons. The molecule has 2 N–H and O–H groups in total. The fraction of sp³-hybridized carbons (Fsp3) is 0.208. The molecule has 0 bridgehead atoms. The molecule has 1 heterocycles. The second kappa shape index (κ2) is 9.23. The molecule has 0 spiro atoms. The summed E-state index contributed by atoms with van der Waals surface area (Å²) in [7, 11) is 0. The number of piperazine rings is 1. The molecule has 1 saturated heterocycles. The van der Waals surface area contributed by atoms with Crippen molar-refractivity contribution < 1.29 is 23.1 Å². The highest BCUT2D eigenvalue weighted by Crippen LogP contribution is 2.36. The fourth-order valence-electron chi connectivity index (χ4n) is 3.81. The van der Waals surface area contributed by atoms with Crippen molar-refractivity contribution in [3.05, 3.63) is 82.9 Å². The van der Waals surface area contributed by atoms with Crippen LogP contribution in [0.25, 0.3) is 0 Å². The molecule has 0 radical (unpaired) electrons. The number of para-hydroxylation sites is 1. The normalized spacial score (nSPS) is 14.3. The number of aromatic hydroxyl groups is 1. The van der Waals surface area contributed by atoms with E-state index in [0.29, 0.717) is 31.9 Å². The SMILES string of the molecule is O=C(Nc1cc(C(F)(F)F)ccc1N1CCN(c2ccccc2)CC1)c1cc(Cl)ccc1O. The lowest BCUT2D eigenvalue weighted by atomic mass is 10.1. The number of rotatable bonds is 4. The average Bonchev–Trinajstić information content (AvgIpc) is 2.80. The quantitative estimate of drug-likeness (QED) is 0.512. The second-order valence-corrected chi connectivity index (χ2v) is 8.09. The van der Waals surface area contributed by atoms with E-state index in [1.165, 1.54) is 24.3 Å². The Labute approximate surface area is 194 Å². The molecule has 3 aromatic rings. The number of hydrogen-bond acceptors (Lipinski definition) is 4. The Morgan fingerprint density at radius 2 is 1.58 bits per heavy atom. The van der Waals surface area contributed by atoms with Gasteiger partial charge in [-0.15, -0.1) is 0 Å². The van der Waals surface area contributed by atoms with E-state index in [4.69, 9.17) is 11.6 Å². The van der Waals surface area contributed by atoms with E-state index in [1.807, 2.05) is 35.2 Å². The van der Waals surface area contributed by atoms with Crippen molar-refractivity contribution in [2.75, 3.05) is 41.3 Å². The highest BCUT2D eigenvalue weighted by atomic mass is 35.5. The summed E-state index contributed by atoms with van der Waals surface area (Å²) in [6, 6.07) is 17.1. The third-order valence-corrected chi connectivity index (χ3v) is 5.75. The number of amides is 1. The van der Waals surface area contributed by atoms with Crippen LogP contribution in [0, 0.1) is 0 Å². The second-order valence-electron chi connectivity index (χ2n) is 7.65. The highest BCUT2D eigenvalue weighted by molar-refractivity contribution is 6.31. The van der Waals surface area contributed by atoms with Gasteiger partial charge in [-0.2, -0.15) is 13.2 Å². The molecular formula is C24H21ClF3N3O2. The van der Waals surface area contributed by atoms with Crippen LogP contribution in [0.3, 0.4) is 0 Å². The Kier molecular flexibility index (Phi) is 6.37. The number of hydrogen-bond donors (Lipinski definition) is 2. The number of anilines is 3. The summed E-state index contributed by atoms with van der Waals surface area (Å²) in [5.41, 5.74) is 0.571. The molecule has 1 fully saturated rings. The zero-order valence-corrected chi connectivity index (χ0v) is 18.2. The number of nitrogens with one attached hydrogen (secondary N) is 1. The molecule has 0 saturated carbocycles. The maximum absolute atomic E-state index is 13.4. The minimum Gasteiger partial charge on any atom is -0.507 e. The van der Waals surface area contributed by atoms with Gasteiger partial charge in [0.1, 0.15) is 5.75 Å². The molecule has 0 atom stereocenters. The molecule has 0 aromatic heterocycles. The molecule has 0 unspecified atom stereocenters. The van der Waals surface area contributed by atoms with E-state index in [0.717, 1.165) is 17.8 Å². The molecule has 1 aliphatic rings. The van der Waals surface area contributed by atoms with Crippen LogP contribution >= 0.6 is 11.6 Å². The summed E-state index contributed by atoms with van der Waals surface area (Å²) >= 11 is 5.91. The lowest BCUT2D eigenvalue weighted by Gasteiger charge is -2.38. The Morgan fingerprint density at radius 1 is 0.909 bits per heavy atom. The van der Waals surface area contributed by atoms with Crippen molar-refractivity contribution in [2.24, 2.45) is 0 Å². The van der Waals surface area contributed by atoms with E-state index >= 15 is 0 Å². The molecule has 1 aliphatic heterocycles. The summed E-state index contributed by atoms with van der Waals surface area (Å²) in [5.74, 6) is -1.07. The third kappa shape index (κ3) is 5.17. The van der Waals surface area contributed by atoms with E-state index in [9.17, 15) is 23.1 Å². The van der Waals surface area contributed by atoms with Gasteiger partial charge in [0.05, 0.1) is 22.5 Å². The average molecular weight is 476 g/mol. The Balaban J connectivity index is 1.60. The zero-order valence-electron chi connectivity index (χ0n) is 17.4. The van der Waals surface area contributed by atoms with Crippen molar-refractivity contribution in [3.63, 3.8) is 0 Å². The van der Waals surface area contributed by atoms with Gasteiger partial charge in [-0.05, 0) is 48.5 Å². The van der Waals surface area contributed by atoms with Crippen LogP contribution in [0.4, 0.5) is 30.2 Å². The van der Waals surface area contributed by atoms with Gasteiger partial charge in [-0.3, -0.25) is 4.79 Å². The van der Waals surface area contributed by atoms with Gasteiger partial charge in [-0.1, -0.05) is 29.8 Å². The summed E-state index contributed by atoms with van der Waals surface area (Å²) in [4.78, 5) is 16.9. The molecular weight excluding hydrogens is 455 g/mol. The van der Waals surface area contributed by atoms with Gasteiger partial charge >= 0.3 is 6.18 Å². The van der Waals surface area contributed by atoms with E-state index in [1.54, 1.807) is 0 Å². The van der Waals surface area contributed by atoms with E-state index < -0.39 is 17.6 Å². The van der Waals surface area contributed by atoms with Crippen molar-refractivity contribution in [3.8, 4) is 5.75 Å². The summed E-state index contributed by atoms with van der Waals surface area (Å²) in [5, 5.41) is 12.8. The van der Waals surface area contributed by atoms with E-state index in [-0.39, 0.29) is 22.0 Å². The third-order valence-electron chi connectivity index (χ3n) is 5.52. The van der Waals surface area contributed by atoms with Gasteiger partial charge in [-0.25, -0.2) is 0 Å². The maximum Gasteiger partial charge on any atom is 0.416 e. The molecule has 3 aromatic carbocycles. The largest absolute Gasteiger partial charge is 0.507 e. The number of nitrogens with zero attached hydrogens (tertiary/aromatic N) is 2. The van der Waals surface area contributed by atoms with E-state index in [2.05, 4.69) is 10.2 Å². The van der Waals surface area contributed by atoms with Crippen LogP contribution in [0.15, 0.2) is 66.7 Å². The first-order valence-electron chi connectivity index (χ1n) is 10.3. The zero-order chi connectivity index (χ0) is 23.6. The monoisotopic (exact) mass is 475 g/mol. The number of phenols is 1. The topological polar surface area (TPSA) is 55.8 Å². The number of halogens is 4. The van der Waals surface area contributed by atoms with Crippen LogP contribution in [-0.4, -0.2) is 37.2 Å². The number of carbonyl (C=O) groups excluding carboxylic acids is 1. The predicted octanol–water partition coefficient (Wildman–Crippen LogP) is 5.64. The first-order valence-corrected chi connectivity index (χ1v) is 10.7. The van der Waals surface area contributed by atoms with Gasteiger partial charge in [0.25, 0.3) is 5.91 Å². The number of benzene rings is 3. The molecule has 0 aliphatic carbocycles. The van der Waals surface area contributed by atoms with Crippen molar-refractivity contribution in [2.45, 2.75) is 6.18 Å². The molecule has 9 heteroatoms. The first-order chi connectivity index (χ1) is 15.7. The Bertz CT molecular complexity index is 1150. The fourth-order valence-corrected chi connectivity index (χ4v) is 3.98. The number of carbonyl (C=O) groups is 1. The Hall–Kier alpha value is -3.39. The predicted molar refractivity (Wildman–Crippen MR) is 123 cm³/mol. The minimum atomic E-state index is -4.57. The molecule has 4 rings (SSSR count). The summed E-state index contributed by atoms with van der Waals surface area (Å²) in [6.07, 6.45) is -4.57. The molecule has 33 heavy (non-hydrogen) atoms. The van der Waals surface area contributed by atoms with Crippen LogP contribution in [0.2, 0.25) is 5.02 Å². The number of phenolic OH excluding ortho intramolecular Hbond substituents is 1. The minimum absolute atomic E-state index is 0.0161.